The molecule has 1 aromatic carbocycles. The van der Waals surface area contributed by atoms with Crippen molar-refractivity contribution < 1.29 is 14.7 Å². The summed E-state index contributed by atoms with van der Waals surface area (Å²) in [6.45, 7) is 7.85. The number of para-hydroxylation sites is 1. The fourth-order valence-electron chi connectivity index (χ4n) is 3.84. The van der Waals surface area contributed by atoms with Gasteiger partial charge in [-0.15, -0.1) is 10.2 Å². The first-order valence-electron chi connectivity index (χ1n) is 10.1. The van der Waals surface area contributed by atoms with Crippen LogP contribution in [0, 0.1) is 0 Å². The van der Waals surface area contributed by atoms with E-state index in [4.69, 9.17) is 0 Å². The second kappa shape index (κ2) is 8.63. The number of aromatic nitrogens is 3. The number of anilines is 1. The second-order valence-electron chi connectivity index (χ2n) is 8.02. The van der Waals surface area contributed by atoms with Gasteiger partial charge in [0.05, 0.1) is 5.25 Å². The molecule has 0 saturated carbocycles. The third-order valence-electron chi connectivity index (χ3n) is 5.46. The molecule has 0 bridgehead atoms. The Hall–Kier alpha value is -2.61. The highest BCUT2D eigenvalue weighted by atomic mass is 32.2. The molecule has 1 aliphatic heterocycles. The van der Waals surface area contributed by atoms with E-state index < -0.39 is 11.2 Å². The van der Waals surface area contributed by atoms with E-state index in [-0.39, 0.29) is 17.7 Å². The molecule has 1 N–H and O–H groups in total. The van der Waals surface area contributed by atoms with Gasteiger partial charge in [0.25, 0.3) is 0 Å². The number of allylic oxidation sites excluding steroid dienone is 2. The highest BCUT2D eigenvalue weighted by Gasteiger charge is 2.38. The largest absolute Gasteiger partial charge is 0.480 e. The Kier molecular flexibility index (Phi) is 6.36. The molecule has 1 aliphatic rings. The number of thioether (sulfide) groups is 1. The summed E-state index contributed by atoms with van der Waals surface area (Å²) in [7, 11) is 1.98. The fourth-order valence-corrected chi connectivity index (χ4v) is 4.72. The van der Waals surface area contributed by atoms with Crippen LogP contribution in [-0.2, 0) is 28.0 Å². The lowest BCUT2D eigenvalue weighted by Crippen LogP contribution is -2.25. The number of hydrogen-bond donors (Lipinski definition) is 1. The summed E-state index contributed by atoms with van der Waals surface area (Å²) in [4.78, 5) is 26.4. The average molecular weight is 429 g/mol. The number of ketones is 1. The van der Waals surface area contributed by atoms with Crippen LogP contribution in [0.15, 0.2) is 41.2 Å². The Bertz CT molecular complexity index is 996. The van der Waals surface area contributed by atoms with Gasteiger partial charge in [0, 0.05) is 36.3 Å². The molecular weight excluding hydrogens is 400 g/mol. The van der Waals surface area contributed by atoms with Gasteiger partial charge in [0.1, 0.15) is 12.4 Å². The second-order valence-corrected chi connectivity index (χ2v) is 9.33. The van der Waals surface area contributed by atoms with Crippen molar-refractivity contribution in [2.75, 3.05) is 11.9 Å². The zero-order valence-electron chi connectivity index (χ0n) is 18.0. The molecule has 2 aromatic rings. The maximum absolute atomic E-state index is 13.1. The number of carbonyl (C=O) groups is 2. The minimum atomic E-state index is -0.956. The Morgan fingerprint density at radius 3 is 2.60 bits per heavy atom. The predicted molar refractivity (Wildman–Crippen MR) is 118 cm³/mol. The first-order chi connectivity index (χ1) is 14.2. The van der Waals surface area contributed by atoms with Crippen LogP contribution in [0.3, 0.4) is 0 Å². The quantitative estimate of drug-likeness (QED) is 0.507. The molecular formula is C22H28N4O3S. The van der Waals surface area contributed by atoms with Gasteiger partial charge in [-0.1, -0.05) is 50.7 Å². The van der Waals surface area contributed by atoms with Crippen molar-refractivity contribution in [3.05, 3.63) is 47.4 Å². The lowest BCUT2D eigenvalue weighted by Gasteiger charge is -2.24. The van der Waals surface area contributed by atoms with Crippen LogP contribution in [0.5, 0.6) is 0 Å². The molecule has 0 spiro atoms. The maximum Gasteiger partial charge on any atom is 0.323 e. The monoisotopic (exact) mass is 428 g/mol. The first kappa shape index (κ1) is 22.1. The van der Waals surface area contributed by atoms with Crippen LogP contribution in [0.1, 0.15) is 45.5 Å². The zero-order valence-corrected chi connectivity index (χ0v) is 18.9. The van der Waals surface area contributed by atoms with Crippen molar-refractivity contribution in [2.45, 2.75) is 62.9 Å². The Morgan fingerprint density at radius 1 is 1.27 bits per heavy atom. The van der Waals surface area contributed by atoms with E-state index in [1.54, 1.807) is 10.6 Å². The standard InChI is InChI=1S/C22H28N4O3S/c1-6-9-19-23-24-21(26(19)13-20(28)29)30-14(2)17(27)12-18-22(3,4)15-10-7-8-11-16(15)25(18)5/h7-8,10-12,14H,6,9,13H2,1-5H3,(H,28,29)/b18-12+. The van der Waals surface area contributed by atoms with Crippen LogP contribution in [0.2, 0.25) is 0 Å². The van der Waals surface area contributed by atoms with Gasteiger partial charge < -0.3 is 10.0 Å². The minimum absolute atomic E-state index is 0.0374. The van der Waals surface area contributed by atoms with Gasteiger partial charge >= 0.3 is 5.97 Å². The summed E-state index contributed by atoms with van der Waals surface area (Å²) in [5.41, 5.74) is 2.97. The molecule has 160 valence electrons. The summed E-state index contributed by atoms with van der Waals surface area (Å²) in [5, 5.41) is 17.6. The highest BCUT2D eigenvalue weighted by Crippen LogP contribution is 2.46. The number of carboxylic acids is 1. The van der Waals surface area contributed by atoms with Crippen LogP contribution in [0.25, 0.3) is 0 Å². The number of rotatable bonds is 8. The van der Waals surface area contributed by atoms with E-state index in [0.717, 1.165) is 17.8 Å². The topological polar surface area (TPSA) is 88.3 Å². The first-order valence-corrected chi connectivity index (χ1v) is 10.9. The van der Waals surface area contributed by atoms with Crippen molar-refractivity contribution in [3.63, 3.8) is 0 Å². The van der Waals surface area contributed by atoms with E-state index in [9.17, 15) is 14.7 Å². The van der Waals surface area contributed by atoms with Crippen molar-refractivity contribution in [1.82, 2.24) is 14.8 Å². The number of benzene rings is 1. The van der Waals surface area contributed by atoms with Gasteiger partial charge in [0.15, 0.2) is 10.9 Å². The Balaban J connectivity index is 1.83. The van der Waals surface area contributed by atoms with E-state index in [2.05, 4.69) is 41.1 Å². The third kappa shape index (κ3) is 4.14. The summed E-state index contributed by atoms with van der Waals surface area (Å²) in [6, 6.07) is 8.17. The third-order valence-corrected chi connectivity index (χ3v) is 6.56. The molecule has 7 nitrogen and oxygen atoms in total. The van der Waals surface area contributed by atoms with Crippen LogP contribution < -0.4 is 4.90 Å². The summed E-state index contributed by atoms with van der Waals surface area (Å²) >= 11 is 1.25. The molecule has 0 radical (unpaired) electrons. The van der Waals surface area contributed by atoms with Gasteiger partial charge in [0.2, 0.25) is 0 Å². The molecule has 0 aliphatic carbocycles. The van der Waals surface area contributed by atoms with Crippen LogP contribution in [-0.4, -0.2) is 43.9 Å². The molecule has 30 heavy (non-hydrogen) atoms. The number of aryl methyl sites for hydroxylation is 1. The zero-order chi connectivity index (χ0) is 22.1. The van der Waals surface area contributed by atoms with Gasteiger partial charge in [-0.2, -0.15) is 0 Å². The van der Waals surface area contributed by atoms with Crippen molar-refractivity contribution in [3.8, 4) is 0 Å². The summed E-state index contributed by atoms with van der Waals surface area (Å²) in [5.74, 6) is -0.362. The molecule has 2 heterocycles. The normalized spacial score (nSPS) is 17.2. The number of aliphatic carboxylic acids is 1. The van der Waals surface area contributed by atoms with Crippen molar-refractivity contribution >= 4 is 29.2 Å². The van der Waals surface area contributed by atoms with E-state index in [1.165, 1.54) is 17.3 Å². The number of nitrogens with zero attached hydrogens (tertiary/aromatic N) is 4. The van der Waals surface area contributed by atoms with E-state index >= 15 is 0 Å². The molecule has 3 rings (SSSR count). The molecule has 0 saturated heterocycles. The lowest BCUT2D eigenvalue weighted by atomic mass is 9.83. The minimum Gasteiger partial charge on any atom is -0.480 e. The predicted octanol–water partition coefficient (Wildman–Crippen LogP) is 3.68. The smallest absolute Gasteiger partial charge is 0.323 e. The summed E-state index contributed by atoms with van der Waals surface area (Å²) in [6.07, 6.45) is 3.19. The fraction of sp³-hybridized carbons (Fsp3) is 0.455. The maximum atomic E-state index is 13.1. The van der Waals surface area contributed by atoms with Gasteiger partial charge in [-0.3, -0.25) is 14.2 Å². The summed E-state index contributed by atoms with van der Waals surface area (Å²) < 4.78 is 1.59. The molecule has 0 fully saturated rings. The lowest BCUT2D eigenvalue weighted by molar-refractivity contribution is -0.137. The van der Waals surface area contributed by atoms with Gasteiger partial charge in [-0.05, 0) is 25.0 Å². The van der Waals surface area contributed by atoms with Gasteiger partial charge in [-0.25, -0.2) is 0 Å². The number of carbonyl (C=O) groups excluding carboxylic acids is 1. The Morgan fingerprint density at radius 2 is 1.97 bits per heavy atom. The average Bonchev–Trinajstić information content (AvgIpc) is 3.14. The highest BCUT2D eigenvalue weighted by molar-refractivity contribution is 8.00. The molecule has 1 atom stereocenters. The molecule has 0 amide bonds. The SMILES string of the molecule is CCCc1nnc(SC(C)C(=O)/C=C2/N(C)c3ccccc3C2(C)C)n1CC(=O)O. The van der Waals surface area contributed by atoms with Crippen LogP contribution >= 0.6 is 11.8 Å². The number of hydrogen-bond acceptors (Lipinski definition) is 6. The number of carboxylic acid groups (broad SMARTS) is 1. The number of likely N-dealkylation sites (N-methyl/N-ethyl adjacent to an activating group) is 1. The molecule has 8 heteroatoms. The molecule has 1 aromatic heterocycles. The number of fused-ring (bicyclic) bond motifs is 1. The molecule has 1 unspecified atom stereocenters. The van der Waals surface area contributed by atoms with E-state index in [0.29, 0.717) is 17.4 Å². The van der Waals surface area contributed by atoms with Crippen molar-refractivity contribution in [1.29, 1.82) is 0 Å². The Labute approximate surface area is 181 Å². The van der Waals surface area contributed by atoms with Crippen molar-refractivity contribution in [2.24, 2.45) is 0 Å². The van der Waals surface area contributed by atoms with E-state index in [1.807, 2.05) is 33.0 Å². The van der Waals surface area contributed by atoms with Crippen LogP contribution in [0.4, 0.5) is 5.69 Å².